The average molecular weight is 352 g/mol. The predicted molar refractivity (Wildman–Crippen MR) is 105 cm³/mol. The van der Waals surface area contributed by atoms with Gasteiger partial charge in [0.25, 0.3) is 0 Å². The van der Waals surface area contributed by atoms with Crippen molar-refractivity contribution in [1.29, 1.82) is 0 Å². The molecular formula is C22H28N2O2. The Morgan fingerprint density at radius 2 is 1.88 bits per heavy atom. The standard InChI is InChI=1S/C22H28N2O2/c23-20-10-5-9-19(15-20)22(25)24-21-11-4-8-18(14-21)16-26-13-12-17-6-2-1-3-7-17/h1-4,6-8,11,14,19-20H,5,9-10,12-13,15-16,23H2,(H,24,25). The number of hydrogen-bond donors (Lipinski definition) is 2. The summed E-state index contributed by atoms with van der Waals surface area (Å²) in [7, 11) is 0. The highest BCUT2D eigenvalue weighted by Crippen LogP contribution is 2.24. The molecule has 2 atom stereocenters. The van der Waals surface area contributed by atoms with Crippen LogP contribution in [0.1, 0.15) is 36.8 Å². The Labute approximate surface area is 155 Å². The minimum absolute atomic E-state index is 0.0320. The maximum atomic E-state index is 12.4. The Bertz CT molecular complexity index is 702. The lowest BCUT2D eigenvalue weighted by molar-refractivity contribution is -0.120. The Morgan fingerprint density at radius 1 is 1.08 bits per heavy atom. The fourth-order valence-electron chi connectivity index (χ4n) is 3.47. The summed E-state index contributed by atoms with van der Waals surface area (Å²) in [5, 5.41) is 3.04. The minimum atomic E-state index is 0.0320. The molecule has 138 valence electrons. The van der Waals surface area contributed by atoms with Gasteiger partial charge in [0.05, 0.1) is 13.2 Å². The molecule has 0 saturated heterocycles. The zero-order chi connectivity index (χ0) is 18.2. The van der Waals surface area contributed by atoms with Crippen LogP contribution >= 0.6 is 0 Å². The van der Waals surface area contributed by atoms with E-state index in [-0.39, 0.29) is 17.9 Å². The van der Waals surface area contributed by atoms with Crippen LogP contribution in [-0.2, 0) is 22.6 Å². The summed E-state index contributed by atoms with van der Waals surface area (Å²) in [5.41, 5.74) is 9.17. The molecule has 1 aliphatic carbocycles. The summed E-state index contributed by atoms with van der Waals surface area (Å²) in [4.78, 5) is 12.4. The first-order valence-electron chi connectivity index (χ1n) is 9.48. The van der Waals surface area contributed by atoms with Crippen LogP contribution in [0.2, 0.25) is 0 Å². The molecule has 2 aromatic carbocycles. The topological polar surface area (TPSA) is 64.4 Å². The quantitative estimate of drug-likeness (QED) is 0.743. The summed E-state index contributed by atoms with van der Waals surface area (Å²) in [5.74, 6) is 0.117. The molecule has 0 aliphatic heterocycles. The van der Waals surface area contributed by atoms with Gasteiger partial charge in [-0.05, 0) is 48.9 Å². The van der Waals surface area contributed by atoms with E-state index < -0.39 is 0 Å². The Morgan fingerprint density at radius 3 is 2.69 bits per heavy atom. The van der Waals surface area contributed by atoms with Gasteiger partial charge in [0, 0.05) is 17.6 Å². The van der Waals surface area contributed by atoms with Gasteiger partial charge >= 0.3 is 0 Å². The number of carbonyl (C=O) groups excluding carboxylic acids is 1. The summed E-state index contributed by atoms with van der Waals surface area (Å²) in [6.45, 7) is 1.23. The number of amides is 1. The van der Waals surface area contributed by atoms with Crippen LogP contribution < -0.4 is 11.1 Å². The molecule has 0 aromatic heterocycles. The molecule has 2 aromatic rings. The van der Waals surface area contributed by atoms with Crippen molar-refractivity contribution < 1.29 is 9.53 Å². The lowest BCUT2D eigenvalue weighted by atomic mass is 9.85. The molecule has 2 unspecified atom stereocenters. The SMILES string of the molecule is NC1CCCC(C(=O)Nc2cccc(COCCc3ccccc3)c2)C1. The Kier molecular flexibility index (Phi) is 6.81. The van der Waals surface area contributed by atoms with Gasteiger partial charge in [-0.2, -0.15) is 0 Å². The molecule has 0 heterocycles. The molecule has 1 saturated carbocycles. The van der Waals surface area contributed by atoms with E-state index in [1.807, 2.05) is 42.5 Å². The molecule has 4 heteroatoms. The third kappa shape index (κ3) is 5.68. The fourth-order valence-corrected chi connectivity index (χ4v) is 3.47. The molecule has 3 N–H and O–H groups in total. The van der Waals surface area contributed by atoms with Gasteiger partial charge in [-0.25, -0.2) is 0 Å². The molecule has 0 spiro atoms. The zero-order valence-corrected chi connectivity index (χ0v) is 15.2. The number of benzene rings is 2. The monoisotopic (exact) mass is 352 g/mol. The summed E-state index contributed by atoms with van der Waals surface area (Å²) in [6.07, 6.45) is 4.68. The second kappa shape index (κ2) is 9.51. The first-order chi connectivity index (χ1) is 12.7. The Hall–Kier alpha value is -2.17. The number of nitrogens with two attached hydrogens (primary N) is 1. The molecule has 0 bridgehead atoms. The van der Waals surface area contributed by atoms with Crippen LogP contribution in [0.25, 0.3) is 0 Å². The van der Waals surface area contributed by atoms with Crippen LogP contribution in [-0.4, -0.2) is 18.6 Å². The fraction of sp³-hybridized carbons (Fsp3) is 0.409. The van der Waals surface area contributed by atoms with E-state index in [1.165, 1.54) is 5.56 Å². The molecule has 1 amide bonds. The van der Waals surface area contributed by atoms with Crippen LogP contribution in [0.3, 0.4) is 0 Å². The molecule has 26 heavy (non-hydrogen) atoms. The number of hydrogen-bond acceptors (Lipinski definition) is 3. The van der Waals surface area contributed by atoms with Gasteiger partial charge in [0.1, 0.15) is 0 Å². The third-order valence-electron chi connectivity index (χ3n) is 4.93. The normalized spacial score (nSPS) is 19.9. The van der Waals surface area contributed by atoms with Crippen molar-refractivity contribution in [3.8, 4) is 0 Å². The van der Waals surface area contributed by atoms with E-state index in [1.54, 1.807) is 0 Å². The minimum Gasteiger partial charge on any atom is -0.376 e. The van der Waals surface area contributed by atoms with E-state index in [0.29, 0.717) is 13.2 Å². The van der Waals surface area contributed by atoms with E-state index in [0.717, 1.165) is 43.4 Å². The van der Waals surface area contributed by atoms with Gasteiger partial charge in [0.2, 0.25) is 5.91 Å². The highest BCUT2D eigenvalue weighted by atomic mass is 16.5. The molecule has 3 rings (SSSR count). The largest absolute Gasteiger partial charge is 0.376 e. The highest BCUT2D eigenvalue weighted by molar-refractivity contribution is 5.92. The number of nitrogens with one attached hydrogen (secondary N) is 1. The summed E-state index contributed by atoms with van der Waals surface area (Å²) < 4.78 is 5.78. The molecule has 1 aliphatic rings. The number of ether oxygens (including phenoxy) is 1. The van der Waals surface area contributed by atoms with Crippen LogP contribution in [0, 0.1) is 5.92 Å². The first kappa shape index (κ1) is 18.6. The van der Waals surface area contributed by atoms with E-state index in [2.05, 4.69) is 17.4 Å². The number of carbonyl (C=O) groups is 1. The van der Waals surface area contributed by atoms with Crippen molar-refractivity contribution in [1.82, 2.24) is 0 Å². The average Bonchev–Trinajstić information content (AvgIpc) is 2.66. The molecule has 0 radical (unpaired) electrons. The maximum Gasteiger partial charge on any atom is 0.227 e. The molecule has 1 fully saturated rings. The van der Waals surface area contributed by atoms with Crippen molar-refractivity contribution in [2.45, 2.75) is 44.8 Å². The van der Waals surface area contributed by atoms with Crippen LogP contribution in [0.15, 0.2) is 54.6 Å². The van der Waals surface area contributed by atoms with Crippen molar-refractivity contribution >= 4 is 11.6 Å². The van der Waals surface area contributed by atoms with Crippen molar-refractivity contribution in [2.24, 2.45) is 11.7 Å². The summed E-state index contributed by atoms with van der Waals surface area (Å²) >= 11 is 0. The maximum absolute atomic E-state index is 12.4. The third-order valence-corrected chi connectivity index (χ3v) is 4.93. The Balaban J connectivity index is 1.46. The zero-order valence-electron chi connectivity index (χ0n) is 15.2. The second-order valence-corrected chi connectivity index (χ2v) is 7.10. The van der Waals surface area contributed by atoms with Crippen molar-refractivity contribution in [3.05, 3.63) is 65.7 Å². The van der Waals surface area contributed by atoms with Gasteiger partial charge in [0.15, 0.2) is 0 Å². The van der Waals surface area contributed by atoms with Gasteiger partial charge in [-0.1, -0.05) is 48.9 Å². The first-order valence-corrected chi connectivity index (χ1v) is 9.48. The second-order valence-electron chi connectivity index (χ2n) is 7.10. The van der Waals surface area contributed by atoms with Gasteiger partial charge < -0.3 is 15.8 Å². The van der Waals surface area contributed by atoms with Gasteiger partial charge in [-0.3, -0.25) is 4.79 Å². The van der Waals surface area contributed by atoms with E-state index in [9.17, 15) is 4.79 Å². The lowest BCUT2D eigenvalue weighted by Crippen LogP contribution is -2.34. The highest BCUT2D eigenvalue weighted by Gasteiger charge is 2.25. The predicted octanol–water partition coefficient (Wildman–Crippen LogP) is 3.90. The summed E-state index contributed by atoms with van der Waals surface area (Å²) in [6, 6.07) is 18.4. The van der Waals surface area contributed by atoms with E-state index >= 15 is 0 Å². The number of anilines is 1. The molecular weight excluding hydrogens is 324 g/mol. The number of rotatable bonds is 7. The van der Waals surface area contributed by atoms with Gasteiger partial charge in [-0.15, -0.1) is 0 Å². The van der Waals surface area contributed by atoms with Crippen molar-refractivity contribution in [3.63, 3.8) is 0 Å². The molecule has 4 nitrogen and oxygen atoms in total. The smallest absolute Gasteiger partial charge is 0.227 e. The van der Waals surface area contributed by atoms with Crippen molar-refractivity contribution in [2.75, 3.05) is 11.9 Å². The van der Waals surface area contributed by atoms with Crippen LogP contribution in [0.4, 0.5) is 5.69 Å². The van der Waals surface area contributed by atoms with Crippen LogP contribution in [0.5, 0.6) is 0 Å². The lowest BCUT2D eigenvalue weighted by Gasteiger charge is -2.25. The van der Waals surface area contributed by atoms with E-state index in [4.69, 9.17) is 10.5 Å².